The molecule has 0 unspecified atom stereocenters. The van der Waals surface area contributed by atoms with E-state index in [-0.39, 0.29) is 16.8 Å². The molecule has 0 spiro atoms. The SMILES string of the molecule is CCC(CC)NS(=O)(=O)c1ccc(NCc2ccc(C(=O)NC3CC3)cc2)nc1. The number of sulfonamides is 1. The third-order valence-electron chi connectivity index (χ3n) is 4.96. The second-order valence-electron chi connectivity index (χ2n) is 7.31. The monoisotopic (exact) mass is 416 g/mol. The number of amides is 1. The van der Waals surface area contributed by atoms with Crippen LogP contribution in [0, 0.1) is 0 Å². The summed E-state index contributed by atoms with van der Waals surface area (Å²) in [5.41, 5.74) is 1.65. The minimum absolute atomic E-state index is 0.0348. The summed E-state index contributed by atoms with van der Waals surface area (Å²) < 4.78 is 27.5. The van der Waals surface area contributed by atoms with Gasteiger partial charge < -0.3 is 10.6 Å². The van der Waals surface area contributed by atoms with Gasteiger partial charge in [0.25, 0.3) is 5.91 Å². The predicted molar refractivity (Wildman–Crippen MR) is 113 cm³/mol. The second kappa shape index (κ2) is 9.37. The van der Waals surface area contributed by atoms with Gasteiger partial charge in [-0.15, -0.1) is 0 Å². The van der Waals surface area contributed by atoms with Crippen molar-refractivity contribution < 1.29 is 13.2 Å². The summed E-state index contributed by atoms with van der Waals surface area (Å²) in [7, 11) is -3.56. The maximum Gasteiger partial charge on any atom is 0.251 e. The standard InChI is InChI=1S/C21H28N4O3S/c1-3-17(4-2)25-29(27,28)19-11-12-20(23-14-19)22-13-15-5-7-16(8-6-15)21(26)24-18-9-10-18/h5-8,11-12,14,17-18,25H,3-4,9-10,13H2,1-2H3,(H,22,23)(H,24,26). The molecule has 8 heteroatoms. The van der Waals surface area contributed by atoms with Gasteiger partial charge in [-0.2, -0.15) is 0 Å². The molecule has 7 nitrogen and oxygen atoms in total. The van der Waals surface area contributed by atoms with Gasteiger partial charge in [0.2, 0.25) is 10.0 Å². The van der Waals surface area contributed by atoms with Gasteiger partial charge >= 0.3 is 0 Å². The number of nitrogens with zero attached hydrogens (tertiary/aromatic N) is 1. The highest BCUT2D eigenvalue weighted by Gasteiger charge is 2.23. The van der Waals surface area contributed by atoms with Gasteiger partial charge in [-0.3, -0.25) is 4.79 Å². The average Bonchev–Trinajstić information content (AvgIpc) is 3.55. The molecule has 1 aromatic carbocycles. The molecule has 1 aromatic heterocycles. The van der Waals surface area contributed by atoms with Crippen molar-refractivity contribution in [2.45, 2.75) is 63.1 Å². The number of pyridine rings is 1. The Labute approximate surface area is 172 Å². The number of aromatic nitrogens is 1. The van der Waals surface area contributed by atoms with E-state index in [1.807, 2.05) is 26.0 Å². The van der Waals surface area contributed by atoms with Crippen molar-refractivity contribution in [3.63, 3.8) is 0 Å². The maximum atomic E-state index is 12.4. The van der Waals surface area contributed by atoms with Gasteiger partial charge in [-0.25, -0.2) is 18.1 Å². The first-order valence-corrected chi connectivity index (χ1v) is 11.5. The van der Waals surface area contributed by atoms with Crippen LogP contribution in [0.1, 0.15) is 55.5 Å². The van der Waals surface area contributed by atoms with Crippen LogP contribution in [0.15, 0.2) is 47.5 Å². The van der Waals surface area contributed by atoms with Crippen LogP contribution in [0.5, 0.6) is 0 Å². The van der Waals surface area contributed by atoms with Crippen LogP contribution >= 0.6 is 0 Å². The lowest BCUT2D eigenvalue weighted by Crippen LogP contribution is -2.33. The van der Waals surface area contributed by atoms with E-state index in [0.29, 0.717) is 24.0 Å². The summed E-state index contributed by atoms with van der Waals surface area (Å²) >= 11 is 0. The Kier molecular flexibility index (Phi) is 6.87. The van der Waals surface area contributed by atoms with Crippen molar-refractivity contribution in [3.05, 3.63) is 53.7 Å². The van der Waals surface area contributed by atoms with E-state index in [2.05, 4.69) is 20.3 Å². The molecule has 1 amide bonds. The molecule has 0 radical (unpaired) electrons. The molecule has 3 rings (SSSR count). The number of hydrogen-bond acceptors (Lipinski definition) is 5. The number of benzene rings is 1. The van der Waals surface area contributed by atoms with Gasteiger partial charge in [-0.05, 0) is 55.5 Å². The lowest BCUT2D eigenvalue weighted by Gasteiger charge is -2.15. The Hall–Kier alpha value is -2.45. The van der Waals surface area contributed by atoms with Crippen molar-refractivity contribution in [3.8, 4) is 0 Å². The number of nitrogens with one attached hydrogen (secondary N) is 3. The van der Waals surface area contributed by atoms with Crippen molar-refractivity contribution in [1.82, 2.24) is 15.0 Å². The van der Waals surface area contributed by atoms with Crippen LogP contribution in [0.25, 0.3) is 0 Å². The highest BCUT2D eigenvalue weighted by molar-refractivity contribution is 7.89. The molecule has 0 atom stereocenters. The normalized spacial score (nSPS) is 14.0. The van der Waals surface area contributed by atoms with Crippen molar-refractivity contribution in [1.29, 1.82) is 0 Å². The highest BCUT2D eigenvalue weighted by atomic mass is 32.2. The summed E-state index contributed by atoms with van der Waals surface area (Å²) in [6, 6.07) is 10.9. The van der Waals surface area contributed by atoms with E-state index >= 15 is 0 Å². The van der Waals surface area contributed by atoms with Crippen LogP contribution in [0.2, 0.25) is 0 Å². The zero-order chi connectivity index (χ0) is 20.9. The molecule has 1 fully saturated rings. The lowest BCUT2D eigenvalue weighted by atomic mass is 10.1. The first kappa shape index (κ1) is 21.3. The van der Waals surface area contributed by atoms with Crippen LogP contribution in [-0.2, 0) is 16.6 Å². The summed E-state index contributed by atoms with van der Waals surface area (Å²) in [4.78, 5) is 16.4. The fraction of sp³-hybridized carbons (Fsp3) is 0.429. The molecule has 1 aliphatic rings. The first-order chi connectivity index (χ1) is 13.9. The average molecular weight is 417 g/mol. The molecule has 156 valence electrons. The molecule has 2 aromatic rings. The van der Waals surface area contributed by atoms with E-state index < -0.39 is 10.0 Å². The summed E-state index contributed by atoms with van der Waals surface area (Å²) in [5, 5.41) is 6.13. The van der Waals surface area contributed by atoms with Gasteiger partial charge in [0.1, 0.15) is 10.7 Å². The predicted octanol–water partition coefficient (Wildman–Crippen LogP) is 3.05. The minimum Gasteiger partial charge on any atom is -0.366 e. The second-order valence-corrected chi connectivity index (χ2v) is 9.03. The number of carbonyl (C=O) groups is 1. The molecular formula is C21H28N4O3S. The molecule has 1 aliphatic carbocycles. The Morgan fingerprint density at radius 2 is 1.79 bits per heavy atom. The minimum atomic E-state index is -3.56. The third-order valence-corrected chi connectivity index (χ3v) is 6.46. The van der Waals surface area contributed by atoms with E-state index in [9.17, 15) is 13.2 Å². The maximum absolute atomic E-state index is 12.4. The highest BCUT2D eigenvalue weighted by Crippen LogP contribution is 2.19. The smallest absolute Gasteiger partial charge is 0.251 e. The van der Waals surface area contributed by atoms with Gasteiger partial charge in [0, 0.05) is 30.4 Å². The topological polar surface area (TPSA) is 100 Å². The van der Waals surface area contributed by atoms with Gasteiger partial charge in [0.05, 0.1) is 0 Å². The molecule has 29 heavy (non-hydrogen) atoms. The molecule has 3 N–H and O–H groups in total. The van der Waals surface area contributed by atoms with E-state index in [4.69, 9.17) is 0 Å². The summed E-state index contributed by atoms with van der Waals surface area (Å²) in [6.45, 7) is 4.43. The Morgan fingerprint density at radius 3 is 2.34 bits per heavy atom. The first-order valence-electron chi connectivity index (χ1n) is 10.0. The number of anilines is 1. The largest absolute Gasteiger partial charge is 0.366 e. The zero-order valence-electron chi connectivity index (χ0n) is 16.8. The molecule has 0 aliphatic heterocycles. The molecule has 0 saturated heterocycles. The van der Waals surface area contributed by atoms with Crippen molar-refractivity contribution >= 4 is 21.7 Å². The molecule has 1 saturated carbocycles. The Balaban J connectivity index is 1.55. The van der Waals surface area contributed by atoms with Gasteiger partial charge in [0.15, 0.2) is 0 Å². The summed E-state index contributed by atoms with van der Waals surface area (Å²) in [5.74, 6) is 0.550. The van der Waals surface area contributed by atoms with E-state index in [1.54, 1.807) is 24.3 Å². The van der Waals surface area contributed by atoms with E-state index in [0.717, 1.165) is 31.2 Å². The molecule has 1 heterocycles. The van der Waals surface area contributed by atoms with Crippen LogP contribution in [0.4, 0.5) is 5.82 Å². The number of rotatable bonds is 10. The van der Waals surface area contributed by atoms with Crippen LogP contribution in [0.3, 0.4) is 0 Å². The number of hydrogen-bond donors (Lipinski definition) is 3. The quantitative estimate of drug-likeness (QED) is 0.553. The number of carbonyl (C=O) groups excluding carboxylic acids is 1. The zero-order valence-corrected chi connectivity index (χ0v) is 17.6. The lowest BCUT2D eigenvalue weighted by molar-refractivity contribution is 0.0951. The fourth-order valence-electron chi connectivity index (χ4n) is 2.85. The Morgan fingerprint density at radius 1 is 1.10 bits per heavy atom. The molecular weight excluding hydrogens is 388 g/mol. The molecule has 0 bridgehead atoms. The van der Waals surface area contributed by atoms with Crippen LogP contribution in [-0.4, -0.2) is 31.4 Å². The summed E-state index contributed by atoms with van der Waals surface area (Å²) in [6.07, 6.45) is 4.97. The van der Waals surface area contributed by atoms with Crippen LogP contribution < -0.4 is 15.4 Å². The van der Waals surface area contributed by atoms with Gasteiger partial charge in [-0.1, -0.05) is 26.0 Å². The Bertz CT molecular complexity index is 919. The van der Waals surface area contributed by atoms with Crippen molar-refractivity contribution in [2.24, 2.45) is 0 Å². The fourth-order valence-corrected chi connectivity index (χ4v) is 4.20. The van der Waals surface area contributed by atoms with E-state index in [1.165, 1.54) is 6.20 Å². The third kappa shape index (κ3) is 6.01. The van der Waals surface area contributed by atoms with Crippen molar-refractivity contribution in [2.75, 3.05) is 5.32 Å².